The molecule has 0 aliphatic heterocycles. The maximum absolute atomic E-state index is 11.5. The number of aromatic nitrogens is 4. The van der Waals surface area contributed by atoms with E-state index in [1.165, 1.54) is 12.8 Å². The zero-order valence-electron chi connectivity index (χ0n) is 18.0. The van der Waals surface area contributed by atoms with Crippen molar-refractivity contribution in [2.45, 2.75) is 65.3 Å². The second-order valence-electron chi connectivity index (χ2n) is 7.70. The molecule has 0 aliphatic carbocycles. The molecule has 1 N–H and O–H groups in total. The van der Waals surface area contributed by atoms with E-state index in [0.29, 0.717) is 23.6 Å². The highest BCUT2D eigenvalue weighted by Gasteiger charge is 2.16. The van der Waals surface area contributed by atoms with E-state index in [4.69, 9.17) is 10.1 Å². The topological polar surface area (TPSA) is 80.9 Å². The molecule has 3 rings (SSSR count). The zero-order valence-corrected chi connectivity index (χ0v) is 18.0. The summed E-state index contributed by atoms with van der Waals surface area (Å²) in [6.45, 7) is 7.39. The van der Waals surface area contributed by atoms with Gasteiger partial charge in [0.15, 0.2) is 5.82 Å². The molecule has 1 atom stereocenters. The summed E-state index contributed by atoms with van der Waals surface area (Å²) in [6.07, 6.45) is 6.92. The highest BCUT2D eigenvalue weighted by Crippen LogP contribution is 2.23. The molecule has 0 amide bonds. The van der Waals surface area contributed by atoms with Crippen molar-refractivity contribution in [2.75, 3.05) is 0 Å². The summed E-state index contributed by atoms with van der Waals surface area (Å²) >= 11 is 0. The normalized spacial score (nSPS) is 12.1. The van der Waals surface area contributed by atoms with Crippen LogP contribution in [0.3, 0.4) is 0 Å². The number of carbonyl (C=O) groups is 1. The van der Waals surface area contributed by atoms with Gasteiger partial charge in [-0.2, -0.15) is 5.10 Å². The molecule has 0 radical (unpaired) electrons. The fraction of sp³-hybridized carbons (Fsp3) is 0.417. The average Bonchev–Trinajstić information content (AvgIpc) is 3.16. The van der Waals surface area contributed by atoms with Crippen molar-refractivity contribution in [3.05, 3.63) is 65.4 Å². The number of carboxylic acid groups (broad SMARTS) is 1. The van der Waals surface area contributed by atoms with Gasteiger partial charge >= 0.3 is 5.97 Å². The van der Waals surface area contributed by atoms with E-state index < -0.39 is 5.97 Å². The van der Waals surface area contributed by atoms with Crippen molar-refractivity contribution in [3.8, 4) is 11.3 Å². The Morgan fingerprint density at radius 1 is 1.13 bits per heavy atom. The third-order valence-corrected chi connectivity index (χ3v) is 5.41. The lowest BCUT2D eigenvalue weighted by Crippen LogP contribution is -2.07. The van der Waals surface area contributed by atoms with Crippen LogP contribution < -0.4 is 0 Å². The van der Waals surface area contributed by atoms with Gasteiger partial charge in [0.1, 0.15) is 5.82 Å². The van der Waals surface area contributed by atoms with Crippen LogP contribution in [0, 0.1) is 0 Å². The van der Waals surface area contributed by atoms with Crippen molar-refractivity contribution in [3.63, 3.8) is 0 Å². The van der Waals surface area contributed by atoms with Gasteiger partial charge in [-0.3, -0.25) is 4.98 Å². The third kappa shape index (κ3) is 5.12. The fourth-order valence-corrected chi connectivity index (χ4v) is 3.37. The SMILES string of the molecule is CCCCCn1nc(C(C)CC)nc1Cc1ccc(-c2ccccc2C(=O)O)nc1. The highest BCUT2D eigenvalue weighted by atomic mass is 16.4. The number of unbranched alkanes of at least 4 members (excludes halogenated alkanes) is 2. The number of aromatic carboxylic acids is 1. The minimum absolute atomic E-state index is 0.256. The molecule has 0 fully saturated rings. The van der Waals surface area contributed by atoms with Crippen LogP contribution in [-0.4, -0.2) is 30.8 Å². The lowest BCUT2D eigenvalue weighted by atomic mass is 10.0. The molecule has 2 aromatic heterocycles. The van der Waals surface area contributed by atoms with Crippen molar-refractivity contribution in [1.82, 2.24) is 19.7 Å². The Kier molecular flexibility index (Phi) is 7.33. The quantitative estimate of drug-likeness (QED) is 0.460. The maximum atomic E-state index is 11.5. The number of hydrogen-bond donors (Lipinski definition) is 1. The monoisotopic (exact) mass is 406 g/mol. The van der Waals surface area contributed by atoms with Gasteiger partial charge in [0.25, 0.3) is 0 Å². The summed E-state index contributed by atoms with van der Waals surface area (Å²) in [5.74, 6) is 1.25. The lowest BCUT2D eigenvalue weighted by molar-refractivity contribution is 0.0697. The van der Waals surface area contributed by atoms with E-state index in [1.54, 1.807) is 18.2 Å². The largest absolute Gasteiger partial charge is 0.478 e. The van der Waals surface area contributed by atoms with E-state index in [0.717, 1.165) is 36.6 Å². The van der Waals surface area contributed by atoms with E-state index in [-0.39, 0.29) is 5.56 Å². The molecule has 0 aliphatic rings. The van der Waals surface area contributed by atoms with E-state index >= 15 is 0 Å². The first-order valence-corrected chi connectivity index (χ1v) is 10.7. The Labute approximate surface area is 178 Å². The number of aryl methyl sites for hydroxylation is 1. The summed E-state index contributed by atoms with van der Waals surface area (Å²) in [7, 11) is 0. The number of carboxylic acids is 1. The second-order valence-corrected chi connectivity index (χ2v) is 7.70. The van der Waals surface area contributed by atoms with Crippen LogP contribution in [0.25, 0.3) is 11.3 Å². The van der Waals surface area contributed by atoms with Crippen LogP contribution >= 0.6 is 0 Å². The van der Waals surface area contributed by atoms with Crippen LogP contribution in [-0.2, 0) is 13.0 Å². The van der Waals surface area contributed by atoms with Gasteiger partial charge < -0.3 is 5.11 Å². The van der Waals surface area contributed by atoms with E-state index in [9.17, 15) is 9.90 Å². The Hall–Kier alpha value is -3.02. The van der Waals surface area contributed by atoms with Gasteiger partial charge in [-0.1, -0.05) is 57.9 Å². The predicted octanol–water partition coefficient (Wildman–Crippen LogP) is 5.33. The summed E-state index contributed by atoms with van der Waals surface area (Å²) in [4.78, 5) is 20.8. The summed E-state index contributed by atoms with van der Waals surface area (Å²) in [5.41, 5.74) is 2.57. The number of benzene rings is 1. The molecule has 1 unspecified atom stereocenters. The van der Waals surface area contributed by atoms with Gasteiger partial charge in [-0.25, -0.2) is 14.5 Å². The predicted molar refractivity (Wildman–Crippen MR) is 118 cm³/mol. The second kappa shape index (κ2) is 10.1. The van der Waals surface area contributed by atoms with Crippen LogP contribution in [0.1, 0.15) is 79.9 Å². The van der Waals surface area contributed by atoms with Gasteiger partial charge in [-0.05, 0) is 30.5 Å². The highest BCUT2D eigenvalue weighted by molar-refractivity contribution is 5.95. The van der Waals surface area contributed by atoms with Crippen molar-refractivity contribution < 1.29 is 9.90 Å². The number of hydrogen-bond acceptors (Lipinski definition) is 4. The molecule has 0 saturated carbocycles. The van der Waals surface area contributed by atoms with Crippen LogP contribution in [0.15, 0.2) is 42.6 Å². The molecular formula is C24H30N4O2. The van der Waals surface area contributed by atoms with Gasteiger partial charge in [0.2, 0.25) is 0 Å². The molecule has 2 heterocycles. The summed E-state index contributed by atoms with van der Waals surface area (Å²) < 4.78 is 2.05. The Bertz CT molecular complexity index is 979. The lowest BCUT2D eigenvalue weighted by Gasteiger charge is -2.08. The minimum Gasteiger partial charge on any atom is -0.478 e. The maximum Gasteiger partial charge on any atom is 0.336 e. The first-order valence-electron chi connectivity index (χ1n) is 10.7. The van der Waals surface area contributed by atoms with E-state index in [2.05, 4.69) is 25.8 Å². The summed E-state index contributed by atoms with van der Waals surface area (Å²) in [6, 6.07) is 10.8. The van der Waals surface area contributed by atoms with Crippen molar-refractivity contribution in [1.29, 1.82) is 0 Å². The standard InChI is InChI=1S/C24H30N4O2/c1-4-6-9-14-28-22(26-23(27-28)17(3)5-2)15-18-12-13-21(25-16-18)19-10-7-8-11-20(19)24(29)30/h7-8,10-13,16-17H,4-6,9,14-15H2,1-3H3,(H,29,30). The smallest absolute Gasteiger partial charge is 0.336 e. The molecule has 6 heteroatoms. The number of rotatable bonds is 10. The van der Waals surface area contributed by atoms with Crippen LogP contribution in [0.5, 0.6) is 0 Å². The van der Waals surface area contributed by atoms with Gasteiger partial charge in [0, 0.05) is 30.6 Å². The molecule has 0 saturated heterocycles. The molecule has 158 valence electrons. The van der Waals surface area contributed by atoms with E-state index in [1.807, 2.05) is 29.1 Å². The molecule has 6 nitrogen and oxygen atoms in total. The average molecular weight is 407 g/mol. The Morgan fingerprint density at radius 3 is 2.60 bits per heavy atom. The number of nitrogens with zero attached hydrogens (tertiary/aromatic N) is 4. The van der Waals surface area contributed by atoms with Crippen LogP contribution in [0.2, 0.25) is 0 Å². The van der Waals surface area contributed by atoms with Crippen molar-refractivity contribution >= 4 is 5.97 Å². The number of pyridine rings is 1. The fourth-order valence-electron chi connectivity index (χ4n) is 3.37. The third-order valence-electron chi connectivity index (χ3n) is 5.41. The molecule has 1 aromatic carbocycles. The zero-order chi connectivity index (χ0) is 21.5. The first kappa shape index (κ1) is 21.7. The molecule has 0 spiro atoms. The Morgan fingerprint density at radius 2 is 1.93 bits per heavy atom. The van der Waals surface area contributed by atoms with Crippen molar-refractivity contribution in [2.24, 2.45) is 0 Å². The van der Waals surface area contributed by atoms with Crippen LogP contribution in [0.4, 0.5) is 0 Å². The minimum atomic E-state index is -0.950. The van der Waals surface area contributed by atoms with Gasteiger partial charge in [-0.15, -0.1) is 0 Å². The molecular weight excluding hydrogens is 376 g/mol. The Balaban J connectivity index is 1.83. The molecule has 30 heavy (non-hydrogen) atoms. The van der Waals surface area contributed by atoms with Gasteiger partial charge in [0.05, 0.1) is 11.3 Å². The first-order chi connectivity index (χ1) is 14.5. The molecule has 0 bridgehead atoms. The summed E-state index contributed by atoms with van der Waals surface area (Å²) in [5, 5.41) is 14.2. The molecule has 3 aromatic rings.